The highest BCUT2D eigenvalue weighted by molar-refractivity contribution is 8.00. The van der Waals surface area contributed by atoms with Crippen LogP contribution in [0.15, 0.2) is 71.8 Å². The lowest BCUT2D eigenvalue weighted by Crippen LogP contribution is -2.14. The lowest BCUT2D eigenvalue weighted by Gasteiger charge is -2.08. The third-order valence-corrected chi connectivity index (χ3v) is 4.50. The van der Waals surface area contributed by atoms with Gasteiger partial charge in [-0.15, -0.1) is 11.8 Å². The first-order valence-corrected chi connectivity index (χ1v) is 8.96. The van der Waals surface area contributed by atoms with Gasteiger partial charge in [0, 0.05) is 11.0 Å². The van der Waals surface area contributed by atoms with E-state index in [0.29, 0.717) is 28.6 Å². The summed E-state index contributed by atoms with van der Waals surface area (Å²) in [5, 5.41) is 2.79. The molecule has 0 aliphatic carbocycles. The molecular weight excluding hydrogens is 351 g/mol. The number of aromatic nitrogens is 1. The molecule has 3 aromatic rings. The summed E-state index contributed by atoms with van der Waals surface area (Å²) in [5.41, 5.74) is 1.09. The zero-order valence-electron chi connectivity index (χ0n) is 14.1. The quantitative estimate of drug-likeness (QED) is 0.619. The first-order valence-electron chi connectivity index (χ1n) is 7.98. The molecule has 132 valence electrons. The van der Waals surface area contributed by atoms with Gasteiger partial charge in [0.25, 0.3) is 0 Å². The van der Waals surface area contributed by atoms with E-state index >= 15 is 0 Å². The second kappa shape index (κ2) is 8.49. The maximum Gasteiger partial charge on any atom is 0.234 e. The molecular formula is C20H17FN2O2S. The molecule has 3 rings (SSSR count). The molecule has 0 unspecified atom stereocenters. The first kappa shape index (κ1) is 17.9. The van der Waals surface area contributed by atoms with E-state index in [2.05, 4.69) is 10.3 Å². The fourth-order valence-electron chi connectivity index (χ4n) is 2.18. The normalized spacial score (nSPS) is 10.4. The highest BCUT2D eigenvalue weighted by atomic mass is 32.2. The van der Waals surface area contributed by atoms with Gasteiger partial charge in [0.1, 0.15) is 11.6 Å². The van der Waals surface area contributed by atoms with Gasteiger partial charge in [-0.2, -0.15) is 0 Å². The van der Waals surface area contributed by atoms with Crippen LogP contribution in [0, 0.1) is 12.7 Å². The number of anilines is 1. The zero-order chi connectivity index (χ0) is 18.4. The number of thioether (sulfide) groups is 1. The molecule has 0 saturated heterocycles. The lowest BCUT2D eigenvalue weighted by atomic mass is 10.2. The summed E-state index contributed by atoms with van der Waals surface area (Å²) in [5.74, 6) is 0.803. The monoisotopic (exact) mass is 368 g/mol. The molecule has 1 heterocycles. The molecule has 0 bridgehead atoms. The molecule has 0 aliphatic heterocycles. The number of benzene rings is 2. The van der Waals surface area contributed by atoms with Crippen LogP contribution >= 0.6 is 11.8 Å². The Kier molecular flexibility index (Phi) is 5.86. The highest BCUT2D eigenvalue weighted by Crippen LogP contribution is 2.23. The minimum atomic E-state index is -0.281. The Bertz CT molecular complexity index is 886. The molecule has 0 saturated carbocycles. The number of ether oxygens (including phenoxy) is 1. The average Bonchev–Trinajstić information content (AvgIpc) is 2.65. The number of pyridine rings is 1. The van der Waals surface area contributed by atoms with Crippen molar-refractivity contribution in [3.05, 3.63) is 78.2 Å². The SMILES string of the molecule is Cc1cc(Oc2ccc(NC(=O)CSc3ccccc3)cn2)ccc1F. The molecule has 4 nitrogen and oxygen atoms in total. The lowest BCUT2D eigenvalue weighted by molar-refractivity contribution is -0.113. The van der Waals surface area contributed by atoms with Crippen molar-refractivity contribution in [1.29, 1.82) is 0 Å². The number of rotatable bonds is 6. The Balaban J connectivity index is 1.53. The van der Waals surface area contributed by atoms with Gasteiger partial charge in [0.15, 0.2) is 0 Å². The maximum absolute atomic E-state index is 13.3. The molecule has 0 radical (unpaired) electrons. The number of carbonyl (C=O) groups is 1. The molecule has 6 heteroatoms. The van der Waals surface area contributed by atoms with E-state index in [9.17, 15) is 9.18 Å². The summed E-state index contributed by atoms with van der Waals surface area (Å²) in [6.07, 6.45) is 1.52. The maximum atomic E-state index is 13.3. The topological polar surface area (TPSA) is 51.2 Å². The zero-order valence-corrected chi connectivity index (χ0v) is 14.9. The number of nitrogens with zero attached hydrogens (tertiary/aromatic N) is 1. The van der Waals surface area contributed by atoms with Gasteiger partial charge in [0.05, 0.1) is 17.6 Å². The van der Waals surface area contributed by atoms with Crippen LogP contribution in [0.3, 0.4) is 0 Å². The second-order valence-corrected chi connectivity index (χ2v) is 6.60. The number of carbonyl (C=O) groups excluding carboxylic acids is 1. The molecule has 26 heavy (non-hydrogen) atoms. The van der Waals surface area contributed by atoms with Gasteiger partial charge in [-0.3, -0.25) is 4.79 Å². The van der Waals surface area contributed by atoms with Crippen molar-refractivity contribution < 1.29 is 13.9 Å². The van der Waals surface area contributed by atoms with Crippen LogP contribution in [0.2, 0.25) is 0 Å². The van der Waals surface area contributed by atoms with Crippen molar-refractivity contribution in [3.63, 3.8) is 0 Å². The van der Waals surface area contributed by atoms with Gasteiger partial charge in [-0.1, -0.05) is 18.2 Å². The van der Waals surface area contributed by atoms with E-state index < -0.39 is 0 Å². The van der Waals surface area contributed by atoms with E-state index in [4.69, 9.17) is 4.74 Å². The van der Waals surface area contributed by atoms with E-state index in [1.54, 1.807) is 31.2 Å². The van der Waals surface area contributed by atoms with Crippen LogP contribution in [0.4, 0.5) is 10.1 Å². The average molecular weight is 368 g/mol. The summed E-state index contributed by atoms with van der Waals surface area (Å²) >= 11 is 1.47. The predicted molar refractivity (Wildman–Crippen MR) is 101 cm³/mol. The third kappa shape index (κ3) is 5.07. The van der Waals surface area contributed by atoms with Crippen LogP contribution in [0.5, 0.6) is 11.6 Å². The molecule has 1 N–H and O–H groups in total. The molecule has 2 aromatic carbocycles. The summed E-state index contributed by atoms with van der Waals surface area (Å²) in [6.45, 7) is 1.67. The van der Waals surface area contributed by atoms with Crippen LogP contribution in [0.1, 0.15) is 5.56 Å². The minimum Gasteiger partial charge on any atom is -0.439 e. The number of nitrogens with one attached hydrogen (secondary N) is 1. The summed E-state index contributed by atoms with van der Waals surface area (Å²) in [6, 6.07) is 17.6. The Labute approximate surface area is 155 Å². The molecule has 0 spiro atoms. The van der Waals surface area contributed by atoms with E-state index in [0.717, 1.165) is 4.90 Å². The standard InChI is InChI=1S/C20H17FN2O2S/c1-14-11-16(8-9-18(14)21)25-20-10-7-15(12-22-20)23-19(24)13-26-17-5-3-2-4-6-17/h2-12H,13H2,1H3,(H,23,24). The van der Waals surface area contributed by atoms with E-state index in [1.165, 1.54) is 24.0 Å². The predicted octanol–water partition coefficient (Wildman–Crippen LogP) is 5.05. The number of halogens is 1. The Hall–Kier alpha value is -2.86. The van der Waals surface area contributed by atoms with Crippen molar-refractivity contribution in [3.8, 4) is 11.6 Å². The van der Waals surface area contributed by atoms with Gasteiger partial charge >= 0.3 is 0 Å². The second-order valence-electron chi connectivity index (χ2n) is 5.55. The molecule has 0 aliphatic rings. The fraction of sp³-hybridized carbons (Fsp3) is 0.100. The first-order chi connectivity index (χ1) is 12.6. The highest BCUT2D eigenvalue weighted by Gasteiger charge is 2.06. The Morgan fingerprint density at radius 2 is 1.96 bits per heavy atom. The molecule has 0 atom stereocenters. The van der Waals surface area contributed by atoms with Crippen LogP contribution in [0.25, 0.3) is 0 Å². The van der Waals surface area contributed by atoms with Crippen molar-refractivity contribution in [2.75, 3.05) is 11.1 Å². The fourth-order valence-corrected chi connectivity index (χ4v) is 2.90. The third-order valence-electron chi connectivity index (χ3n) is 3.49. The van der Waals surface area contributed by atoms with Crippen LogP contribution in [-0.2, 0) is 4.79 Å². The molecule has 1 aromatic heterocycles. The minimum absolute atomic E-state index is 0.108. The number of aryl methyl sites for hydroxylation is 1. The number of hydrogen-bond donors (Lipinski definition) is 1. The number of hydrogen-bond acceptors (Lipinski definition) is 4. The van der Waals surface area contributed by atoms with E-state index in [1.807, 2.05) is 30.3 Å². The van der Waals surface area contributed by atoms with Crippen LogP contribution < -0.4 is 10.1 Å². The summed E-state index contributed by atoms with van der Waals surface area (Å²) < 4.78 is 18.9. The van der Waals surface area contributed by atoms with Crippen LogP contribution in [-0.4, -0.2) is 16.6 Å². The largest absolute Gasteiger partial charge is 0.439 e. The van der Waals surface area contributed by atoms with Gasteiger partial charge in [-0.05, 0) is 48.9 Å². The van der Waals surface area contributed by atoms with Crippen molar-refractivity contribution in [1.82, 2.24) is 4.98 Å². The van der Waals surface area contributed by atoms with Crippen molar-refractivity contribution in [2.45, 2.75) is 11.8 Å². The van der Waals surface area contributed by atoms with Crippen molar-refractivity contribution in [2.24, 2.45) is 0 Å². The van der Waals surface area contributed by atoms with Gasteiger partial charge in [-0.25, -0.2) is 9.37 Å². The smallest absolute Gasteiger partial charge is 0.234 e. The molecule has 1 amide bonds. The summed E-state index contributed by atoms with van der Waals surface area (Å²) in [7, 11) is 0. The molecule has 0 fully saturated rings. The Morgan fingerprint density at radius 3 is 2.65 bits per heavy atom. The van der Waals surface area contributed by atoms with Gasteiger partial charge in [0.2, 0.25) is 11.8 Å². The number of amides is 1. The Morgan fingerprint density at radius 1 is 1.15 bits per heavy atom. The van der Waals surface area contributed by atoms with Crippen molar-refractivity contribution >= 4 is 23.4 Å². The van der Waals surface area contributed by atoms with E-state index in [-0.39, 0.29) is 11.7 Å². The van der Waals surface area contributed by atoms with Gasteiger partial charge < -0.3 is 10.1 Å². The summed E-state index contributed by atoms with van der Waals surface area (Å²) in [4.78, 5) is 17.2.